The van der Waals surface area contributed by atoms with E-state index in [4.69, 9.17) is 4.74 Å². The first-order chi connectivity index (χ1) is 9.02. The number of benzene rings is 1. The molecule has 19 heavy (non-hydrogen) atoms. The van der Waals surface area contributed by atoms with E-state index >= 15 is 0 Å². The quantitative estimate of drug-likeness (QED) is 0.877. The molecule has 0 bridgehead atoms. The van der Waals surface area contributed by atoms with Gasteiger partial charge in [0.15, 0.2) is 0 Å². The number of aliphatic hydroxyl groups excluding tert-OH is 1. The van der Waals surface area contributed by atoms with E-state index in [1.54, 1.807) is 7.11 Å². The number of nitrogens with one attached hydrogen (secondary N) is 1. The molecule has 1 aliphatic carbocycles. The van der Waals surface area contributed by atoms with Crippen LogP contribution in [0.25, 0.3) is 0 Å². The lowest BCUT2D eigenvalue weighted by Crippen LogP contribution is -2.44. The Hall–Kier alpha value is -1.55. The van der Waals surface area contributed by atoms with E-state index in [2.05, 4.69) is 5.32 Å². The van der Waals surface area contributed by atoms with Crippen LogP contribution in [0, 0.1) is 19.3 Å². The van der Waals surface area contributed by atoms with Gasteiger partial charge in [-0.15, -0.1) is 0 Å². The molecule has 1 aromatic rings. The minimum atomic E-state index is -0.593. The van der Waals surface area contributed by atoms with E-state index in [9.17, 15) is 9.90 Å². The highest BCUT2D eigenvalue weighted by atomic mass is 16.5. The van der Waals surface area contributed by atoms with Crippen molar-refractivity contribution in [1.29, 1.82) is 0 Å². The van der Waals surface area contributed by atoms with Crippen LogP contribution in [0.3, 0.4) is 0 Å². The number of aryl methyl sites for hydroxylation is 2. The first-order valence-corrected chi connectivity index (χ1v) is 6.60. The van der Waals surface area contributed by atoms with Crippen LogP contribution >= 0.6 is 0 Å². The number of anilines is 1. The maximum atomic E-state index is 12.3. The highest BCUT2D eigenvalue weighted by molar-refractivity contribution is 5.97. The zero-order valence-electron chi connectivity index (χ0n) is 11.7. The van der Waals surface area contributed by atoms with Crippen molar-refractivity contribution in [2.45, 2.75) is 33.1 Å². The van der Waals surface area contributed by atoms with Crippen LogP contribution in [-0.4, -0.2) is 24.7 Å². The molecule has 1 saturated carbocycles. The predicted octanol–water partition coefficient (Wildman–Crippen LogP) is 2.41. The van der Waals surface area contributed by atoms with Crippen molar-refractivity contribution < 1.29 is 14.6 Å². The summed E-state index contributed by atoms with van der Waals surface area (Å²) in [5.41, 5.74) is 2.30. The largest absolute Gasteiger partial charge is 0.495 e. The summed E-state index contributed by atoms with van der Waals surface area (Å²) in [6.45, 7) is 3.91. The number of rotatable bonds is 4. The molecule has 0 radical (unpaired) electrons. The minimum Gasteiger partial charge on any atom is -0.495 e. The Balaban J connectivity index is 2.23. The fourth-order valence-electron chi connectivity index (χ4n) is 2.37. The maximum Gasteiger partial charge on any atom is 0.233 e. The van der Waals surface area contributed by atoms with Gasteiger partial charge in [0.1, 0.15) is 5.75 Å². The third-order valence-corrected chi connectivity index (χ3v) is 4.16. The van der Waals surface area contributed by atoms with E-state index < -0.39 is 5.41 Å². The first-order valence-electron chi connectivity index (χ1n) is 6.60. The minimum absolute atomic E-state index is 0.0913. The second-order valence-corrected chi connectivity index (χ2v) is 5.38. The fraction of sp³-hybridized carbons (Fsp3) is 0.533. The van der Waals surface area contributed by atoms with Gasteiger partial charge in [0.2, 0.25) is 5.91 Å². The Kier molecular flexibility index (Phi) is 3.80. The van der Waals surface area contributed by atoms with Crippen molar-refractivity contribution in [2.75, 3.05) is 19.0 Å². The summed E-state index contributed by atoms with van der Waals surface area (Å²) in [6, 6.07) is 3.83. The van der Waals surface area contributed by atoms with Crippen molar-refractivity contribution in [3.8, 4) is 5.75 Å². The number of carbonyl (C=O) groups excluding carboxylic acids is 1. The van der Waals surface area contributed by atoms with Gasteiger partial charge in [0, 0.05) is 0 Å². The zero-order chi connectivity index (χ0) is 14.0. The Morgan fingerprint density at radius 2 is 2.00 bits per heavy atom. The van der Waals surface area contributed by atoms with Crippen LogP contribution in [0.5, 0.6) is 5.75 Å². The molecule has 4 nitrogen and oxygen atoms in total. The van der Waals surface area contributed by atoms with Gasteiger partial charge in [-0.25, -0.2) is 0 Å². The molecule has 104 valence electrons. The van der Waals surface area contributed by atoms with Gasteiger partial charge < -0.3 is 15.2 Å². The Bertz CT molecular complexity index is 487. The maximum absolute atomic E-state index is 12.3. The molecule has 0 spiro atoms. The summed E-state index contributed by atoms with van der Waals surface area (Å²) >= 11 is 0. The van der Waals surface area contributed by atoms with E-state index in [0.29, 0.717) is 11.4 Å². The molecule has 1 fully saturated rings. The van der Waals surface area contributed by atoms with Crippen LogP contribution in [0.15, 0.2) is 12.1 Å². The summed E-state index contributed by atoms with van der Waals surface area (Å²) in [7, 11) is 1.59. The molecule has 1 amide bonds. The standard InChI is InChI=1S/C15H21NO3/c1-10-7-12(13(19-3)8-11(10)2)16-14(18)15(9-17)5-4-6-15/h7-8,17H,4-6,9H2,1-3H3,(H,16,18). The summed E-state index contributed by atoms with van der Waals surface area (Å²) in [6.07, 6.45) is 2.50. The Morgan fingerprint density at radius 3 is 2.47 bits per heavy atom. The average molecular weight is 263 g/mol. The number of hydrogen-bond acceptors (Lipinski definition) is 3. The van der Waals surface area contributed by atoms with Crippen LogP contribution in [0.2, 0.25) is 0 Å². The topological polar surface area (TPSA) is 58.6 Å². The van der Waals surface area contributed by atoms with E-state index in [0.717, 1.165) is 30.4 Å². The van der Waals surface area contributed by atoms with Crippen LogP contribution in [-0.2, 0) is 4.79 Å². The van der Waals surface area contributed by atoms with Gasteiger partial charge in [-0.3, -0.25) is 4.79 Å². The summed E-state index contributed by atoms with van der Waals surface area (Å²) in [4.78, 5) is 12.3. The van der Waals surface area contributed by atoms with Crippen molar-refractivity contribution in [3.63, 3.8) is 0 Å². The Labute approximate surface area is 113 Å². The zero-order valence-corrected chi connectivity index (χ0v) is 11.7. The number of hydrogen-bond donors (Lipinski definition) is 2. The molecule has 0 unspecified atom stereocenters. The van der Waals surface area contributed by atoms with Gasteiger partial charge in [-0.05, 0) is 49.9 Å². The molecule has 0 saturated heterocycles. The third-order valence-electron chi connectivity index (χ3n) is 4.16. The normalized spacial score (nSPS) is 16.6. The lowest BCUT2D eigenvalue weighted by Gasteiger charge is -2.38. The number of carbonyl (C=O) groups is 1. The van der Waals surface area contributed by atoms with Crippen molar-refractivity contribution >= 4 is 11.6 Å². The molecular formula is C15H21NO3. The molecule has 1 aliphatic rings. The molecule has 0 aliphatic heterocycles. The molecule has 0 atom stereocenters. The van der Waals surface area contributed by atoms with Crippen LogP contribution < -0.4 is 10.1 Å². The highest BCUT2D eigenvalue weighted by Crippen LogP contribution is 2.42. The number of ether oxygens (including phenoxy) is 1. The van der Waals surface area contributed by atoms with Gasteiger partial charge in [0.25, 0.3) is 0 Å². The second-order valence-electron chi connectivity index (χ2n) is 5.38. The fourth-order valence-corrected chi connectivity index (χ4v) is 2.37. The van der Waals surface area contributed by atoms with Crippen molar-refractivity contribution in [2.24, 2.45) is 5.41 Å². The monoisotopic (exact) mass is 263 g/mol. The van der Waals surface area contributed by atoms with Gasteiger partial charge in [-0.1, -0.05) is 6.42 Å². The van der Waals surface area contributed by atoms with Gasteiger partial charge >= 0.3 is 0 Å². The van der Waals surface area contributed by atoms with Crippen LogP contribution in [0.1, 0.15) is 30.4 Å². The molecule has 2 rings (SSSR count). The van der Waals surface area contributed by atoms with E-state index in [1.807, 2.05) is 26.0 Å². The molecular weight excluding hydrogens is 242 g/mol. The van der Waals surface area contributed by atoms with E-state index in [1.165, 1.54) is 0 Å². The van der Waals surface area contributed by atoms with Gasteiger partial charge in [0.05, 0.1) is 24.8 Å². The van der Waals surface area contributed by atoms with Crippen molar-refractivity contribution in [1.82, 2.24) is 0 Å². The number of aliphatic hydroxyl groups is 1. The molecule has 2 N–H and O–H groups in total. The smallest absolute Gasteiger partial charge is 0.233 e. The third kappa shape index (κ3) is 2.45. The van der Waals surface area contributed by atoms with Gasteiger partial charge in [-0.2, -0.15) is 0 Å². The molecule has 4 heteroatoms. The first kappa shape index (κ1) is 13.9. The van der Waals surface area contributed by atoms with Crippen molar-refractivity contribution in [3.05, 3.63) is 23.3 Å². The SMILES string of the molecule is COc1cc(C)c(C)cc1NC(=O)C1(CO)CCC1. The number of amides is 1. The summed E-state index contributed by atoms with van der Waals surface area (Å²) in [5, 5.41) is 12.3. The highest BCUT2D eigenvalue weighted by Gasteiger charge is 2.43. The predicted molar refractivity (Wildman–Crippen MR) is 74.5 cm³/mol. The Morgan fingerprint density at radius 1 is 1.37 bits per heavy atom. The molecule has 0 heterocycles. The van der Waals surface area contributed by atoms with E-state index in [-0.39, 0.29) is 12.5 Å². The summed E-state index contributed by atoms with van der Waals surface area (Å²) in [5.74, 6) is 0.548. The van der Waals surface area contributed by atoms with Crippen LogP contribution in [0.4, 0.5) is 5.69 Å². The lowest BCUT2D eigenvalue weighted by molar-refractivity contribution is -0.133. The average Bonchev–Trinajstić information content (AvgIpc) is 2.33. The molecule has 0 aromatic heterocycles. The second kappa shape index (κ2) is 5.21. The number of methoxy groups -OCH3 is 1. The lowest BCUT2D eigenvalue weighted by atomic mass is 9.68. The summed E-state index contributed by atoms with van der Waals surface area (Å²) < 4.78 is 5.30. The molecule has 1 aromatic carbocycles.